The number of carbonyl (C=O) groups is 1. The zero-order valence-corrected chi connectivity index (χ0v) is 16.2. The van der Waals surface area contributed by atoms with Crippen LogP contribution in [0.15, 0.2) is 33.5 Å². The molecule has 0 radical (unpaired) electrons. The van der Waals surface area contributed by atoms with E-state index >= 15 is 0 Å². The molecule has 2 N–H and O–H groups in total. The number of nitrogens with two attached hydrogens (primary N) is 1. The molecule has 3 aromatic rings. The Morgan fingerprint density at radius 2 is 2.04 bits per heavy atom. The highest BCUT2D eigenvalue weighted by molar-refractivity contribution is 9.10. The minimum absolute atomic E-state index is 0.0187. The topological polar surface area (TPSA) is 89.7 Å². The van der Waals surface area contributed by atoms with Crippen LogP contribution in [0.5, 0.6) is 0 Å². The van der Waals surface area contributed by atoms with E-state index in [0.717, 1.165) is 19.5 Å². The molecular formula is C18H20BrN5O2. The molecule has 1 fully saturated rings. The number of halogens is 1. The van der Waals surface area contributed by atoms with Crippen LogP contribution in [0.2, 0.25) is 0 Å². The number of likely N-dealkylation sites (tertiary alicyclic amines) is 1. The van der Waals surface area contributed by atoms with E-state index in [0.29, 0.717) is 45.0 Å². The third kappa shape index (κ3) is 3.09. The smallest absolute Gasteiger partial charge is 0.255 e. The quantitative estimate of drug-likeness (QED) is 0.689. The number of carbonyl (C=O) groups excluding carboxylic acids is 1. The number of nitrogens with zero attached hydrogens (tertiary/aromatic N) is 4. The second kappa shape index (κ2) is 6.42. The first-order valence-corrected chi connectivity index (χ1v) is 9.41. The summed E-state index contributed by atoms with van der Waals surface area (Å²) in [6.45, 7) is 5.89. The summed E-state index contributed by atoms with van der Waals surface area (Å²) in [7, 11) is 0. The van der Waals surface area contributed by atoms with Crippen molar-refractivity contribution in [2.24, 2.45) is 11.8 Å². The summed E-state index contributed by atoms with van der Waals surface area (Å²) in [4.78, 5) is 19.3. The lowest BCUT2D eigenvalue weighted by molar-refractivity contribution is 0.0622. The standard InChI is InChI=1S/C18H20BrN5O2/c1-10-5-11(2)8-23(7-10)18(25)12-6-13(20)17-21-16(22-24(17)9-12)14-3-4-15(19)26-14/h3-4,6,9-11H,5,7-8,20H2,1-2H3. The van der Waals surface area contributed by atoms with Gasteiger partial charge in [-0.05, 0) is 52.4 Å². The van der Waals surface area contributed by atoms with Gasteiger partial charge in [-0.2, -0.15) is 0 Å². The average molecular weight is 418 g/mol. The number of furan rings is 1. The van der Waals surface area contributed by atoms with E-state index in [-0.39, 0.29) is 5.91 Å². The van der Waals surface area contributed by atoms with Crippen LogP contribution in [0.1, 0.15) is 30.6 Å². The van der Waals surface area contributed by atoms with Crippen molar-refractivity contribution in [3.8, 4) is 11.6 Å². The van der Waals surface area contributed by atoms with Gasteiger partial charge in [-0.15, -0.1) is 5.10 Å². The van der Waals surface area contributed by atoms with Crippen LogP contribution in [-0.4, -0.2) is 38.5 Å². The van der Waals surface area contributed by atoms with Crippen molar-refractivity contribution in [1.29, 1.82) is 0 Å². The van der Waals surface area contributed by atoms with Crippen molar-refractivity contribution in [1.82, 2.24) is 19.5 Å². The van der Waals surface area contributed by atoms with Crippen molar-refractivity contribution in [3.05, 3.63) is 34.6 Å². The number of anilines is 1. The highest BCUT2D eigenvalue weighted by Crippen LogP contribution is 2.26. The van der Waals surface area contributed by atoms with Crippen molar-refractivity contribution >= 4 is 33.2 Å². The van der Waals surface area contributed by atoms with Gasteiger partial charge in [0.2, 0.25) is 5.82 Å². The van der Waals surface area contributed by atoms with Gasteiger partial charge in [-0.25, -0.2) is 9.50 Å². The zero-order chi connectivity index (χ0) is 18.4. The van der Waals surface area contributed by atoms with Crippen molar-refractivity contribution in [3.63, 3.8) is 0 Å². The molecule has 1 aliphatic heterocycles. The fourth-order valence-corrected chi connectivity index (χ4v) is 3.98. The van der Waals surface area contributed by atoms with E-state index in [2.05, 4.69) is 39.9 Å². The number of hydrogen-bond donors (Lipinski definition) is 1. The Bertz CT molecular complexity index is 969. The van der Waals surface area contributed by atoms with E-state index in [9.17, 15) is 4.79 Å². The molecule has 0 spiro atoms. The van der Waals surface area contributed by atoms with E-state index in [1.807, 2.05) is 4.90 Å². The van der Waals surface area contributed by atoms with Gasteiger partial charge in [0.05, 0.1) is 11.3 Å². The Morgan fingerprint density at radius 1 is 1.31 bits per heavy atom. The molecule has 3 aromatic heterocycles. The normalized spacial score (nSPS) is 20.7. The highest BCUT2D eigenvalue weighted by atomic mass is 79.9. The SMILES string of the molecule is CC1CC(C)CN(C(=O)c2cc(N)c3nc(-c4ccc(Br)o4)nn3c2)C1. The monoisotopic (exact) mass is 417 g/mol. The summed E-state index contributed by atoms with van der Waals surface area (Å²) in [6.07, 6.45) is 2.84. The summed E-state index contributed by atoms with van der Waals surface area (Å²) in [5, 5.41) is 4.42. The number of nitrogen functional groups attached to an aromatic ring is 1. The lowest BCUT2D eigenvalue weighted by Crippen LogP contribution is -2.42. The first-order chi connectivity index (χ1) is 12.4. The van der Waals surface area contributed by atoms with Crippen LogP contribution in [0.4, 0.5) is 5.69 Å². The molecule has 0 bridgehead atoms. The van der Waals surface area contributed by atoms with Crippen molar-refractivity contribution in [2.75, 3.05) is 18.8 Å². The second-order valence-electron chi connectivity index (χ2n) is 7.15. The number of rotatable bonds is 2. The highest BCUT2D eigenvalue weighted by Gasteiger charge is 2.27. The van der Waals surface area contributed by atoms with Gasteiger partial charge in [0.25, 0.3) is 5.91 Å². The van der Waals surface area contributed by atoms with Gasteiger partial charge in [0.1, 0.15) is 0 Å². The second-order valence-corrected chi connectivity index (χ2v) is 7.93. The van der Waals surface area contributed by atoms with Crippen LogP contribution in [-0.2, 0) is 0 Å². The largest absolute Gasteiger partial charge is 0.446 e. The molecule has 1 saturated heterocycles. The van der Waals surface area contributed by atoms with Crippen LogP contribution >= 0.6 is 15.9 Å². The maximum absolute atomic E-state index is 13.0. The lowest BCUT2D eigenvalue weighted by Gasteiger charge is -2.35. The van der Waals surface area contributed by atoms with Gasteiger partial charge < -0.3 is 15.1 Å². The summed E-state index contributed by atoms with van der Waals surface area (Å²) >= 11 is 3.27. The maximum atomic E-state index is 13.0. The average Bonchev–Trinajstić information content (AvgIpc) is 3.19. The number of pyridine rings is 1. The number of piperidine rings is 1. The Kier molecular flexibility index (Phi) is 4.22. The molecule has 136 valence electrons. The molecule has 1 amide bonds. The Balaban J connectivity index is 1.69. The molecule has 0 saturated carbocycles. The van der Waals surface area contributed by atoms with Crippen molar-refractivity contribution in [2.45, 2.75) is 20.3 Å². The summed E-state index contributed by atoms with van der Waals surface area (Å²) in [6, 6.07) is 5.23. The van der Waals surface area contributed by atoms with E-state index < -0.39 is 0 Å². The molecule has 8 heteroatoms. The van der Waals surface area contributed by atoms with Gasteiger partial charge in [-0.1, -0.05) is 13.8 Å². The summed E-state index contributed by atoms with van der Waals surface area (Å²) in [5.74, 6) is 1.94. The van der Waals surface area contributed by atoms with Gasteiger partial charge in [0.15, 0.2) is 16.1 Å². The molecule has 26 heavy (non-hydrogen) atoms. The van der Waals surface area contributed by atoms with Gasteiger partial charge >= 0.3 is 0 Å². The molecule has 4 heterocycles. The van der Waals surface area contributed by atoms with Gasteiger partial charge in [-0.3, -0.25) is 4.79 Å². The number of amides is 1. The zero-order valence-electron chi connectivity index (χ0n) is 14.6. The Labute approximate surface area is 159 Å². The minimum Gasteiger partial charge on any atom is -0.446 e. The first-order valence-electron chi connectivity index (χ1n) is 8.61. The molecule has 2 unspecified atom stereocenters. The molecular weight excluding hydrogens is 398 g/mol. The molecule has 0 aromatic carbocycles. The predicted octanol–water partition coefficient (Wildman–Crippen LogP) is 3.45. The molecule has 7 nitrogen and oxygen atoms in total. The number of fused-ring (bicyclic) bond motifs is 1. The van der Waals surface area contributed by atoms with Crippen molar-refractivity contribution < 1.29 is 9.21 Å². The van der Waals surface area contributed by atoms with E-state index in [4.69, 9.17) is 10.2 Å². The first kappa shape index (κ1) is 17.1. The van der Waals surface area contributed by atoms with Crippen LogP contribution in [0.25, 0.3) is 17.2 Å². The molecule has 0 aliphatic carbocycles. The Hall–Kier alpha value is -2.35. The molecule has 1 aliphatic rings. The third-order valence-electron chi connectivity index (χ3n) is 4.66. The van der Waals surface area contributed by atoms with Gasteiger partial charge in [0, 0.05) is 19.3 Å². The summed E-state index contributed by atoms with van der Waals surface area (Å²) in [5.41, 5.74) is 7.58. The summed E-state index contributed by atoms with van der Waals surface area (Å²) < 4.78 is 7.65. The third-order valence-corrected chi connectivity index (χ3v) is 5.08. The van der Waals surface area contributed by atoms with Crippen LogP contribution in [0.3, 0.4) is 0 Å². The minimum atomic E-state index is -0.0187. The molecule has 4 rings (SSSR count). The fourth-order valence-electron chi connectivity index (χ4n) is 3.68. The van der Waals surface area contributed by atoms with E-state index in [1.165, 1.54) is 0 Å². The molecule has 2 atom stereocenters. The maximum Gasteiger partial charge on any atom is 0.255 e. The lowest BCUT2D eigenvalue weighted by atomic mass is 9.91. The van der Waals surface area contributed by atoms with Crippen LogP contribution < -0.4 is 5.73 Å². The number of hydrogen-bond acceptors (Lipinski definition) is 5. The van der Waals surface area contributed by atoms with Crippen LogP contribution in [0, 0.1) is 11.8 Å². The predicted molar refractivity (Wildman–Crippen MR) is 102 cm³/mol. The number of aromatic nitrogens is 3. The van der Waals surface area contributed by atoms with E-state index in [1.54, 1.807) is 28.9 Å². The fraction of sp³-hybridized carbons (Fsp3) is 0.389. The Morgan fingerprint density at radius 3 is 2.69 bits per heavy atom.